The largest absolute Gasteiger partial charge is 0.349 e. The summed E-state index contributed by atoms with van der Waals surface area (Å²) >= 11 is 4.82. The Labute approximate surface area is 75.6 Å². The normalized spacial score (nSPS) is 10.1. The predicted octanol–water partition coefficient (Wildman–Crippen LogP) is 2.40. The van der Waals surface area contributed by atoms with Crippen molar-refractivity contribution in [1.29, 1.82) is 0 Å². The van der Waals surface area contributed by atoms with Crippen molar-refractivity contribution in [3.8, 4) is 0 Å². The zero-order valence-electron chi connectivity index (χ0n) is 6.24. The topological polar surface area (TPSA) is 26.3 Å². The molecule has 0 bridgehead atoms. The molecule has 0 aromatic heterocycles. The fourth-order valence-electron chi connectivity index (χ4n) is 0.754. The first kappa shape index (κ1) is 8.81. The average Bonchev–Trinajstić information content (AvgIpc) is 2.16. The van der Waals surface area contributed by atoms with Crippen LogP contribution in [-0.2, 0) is 9.08 Å². The molecule has 0 atom stereocenters. The molecule has 0 saturated heterocycles. The maximum absolute atomic E-state index is 10.5. The number of carbonyl (C=O) groups is 1. The van der Waals surface area contributed by atoms with Crippen LogP contribution in [0.5, 0.6) is 0 Å². The van der Waals surface area contributed by atoms with E-state index in [1.807, 2.05) is 30.3 Å². The minimum atomic E-state index is -0.569. The van der Waals surface area contributed by atoms with Gasteiger partial charge in [0.15, 0.2) is 0 Å². The first-order valence-electron chi connectivity index (χ1n) is 3.38. The molecule has 0 spiro atoms. The van der Waals surface area contributed by atoms with Crippen LogP contribution >= 0.6 is 11.9 Å². The number of hydrogen-bond acceptors (Lipinski definition) is 2. The quantitative estimate of drug-likeness (QED) is 0.657. The van der Waals surface area contributed by atoms with Gasteiger partial charge in [0.25, 0.3) is 0 Å². The Morgan fingerprint density at radius 1 is 1.33 bits per heavy atom. The van der Waals surface area contributed by atoms with Gasteiger partial charge in [0.05, 0.1) is 0 Å². The molecular formula is C9H7ClO2. The van der Waals surface area contributed by atoms with Crippen molar-refractivity contribution in [2.45, 2.75) is 0 Å². The van der Waals surface area contributed by atoms with Crippen LogP contribution in [0.1, 0.15) is 5.56 Å². The van der Waals surface area contributed by atoms with Crippen LogP contribution in [0, 0.1) is 0 Å². The SMILES string of the molecule is O=C(C=Cc1ccccc1)OCl. The highest BCUT2D eigenvalue weighted by Gasteiger charge is 1.91. The highest BCUT2D eigenvalue weighted by atomic mass is 35.5. The summed E-state index contributed by atoms with van der Waals surface area (Å²) in [7, 11) is 0. The van der Waals surface area contributed by atoms with Gasteiger partial charge in [-0.15, -0.1) is 0 Å². The molecule has 0 aliphatic rings. The van der Waals surface area contributed by atoms with Gasteiger partial charge in [0, 0.05) is 6.08 Å². The van der Waals surface area contributed by atoms with Crippen molar-refractivity contribution in [2.75, 3.05) is 0 Å². The molecule has 0 heterocycles. The molecule has 12 heavy (non-hydrogen) atoms. The molecular weight excluding hydrogens is 176 g/mol. The summed E-state index contributed by atoms with van der Waals surface area (Å²) in [4.78, 5) is 10.5. The van der Waals surface area contributed by atoms with Gasteiger partial charge in [-0.05, 0) is 11.6 Å². The monoisotopic (exact) mass is 182 g/mol. The van der Waals surface area contributed by atoms with Crippen molar-refractivity contribution in [2.24, 2.45) is 0 Å². The zero-order chi connectivity index (χ0) is 8.81. The first-order chi connectivity index (χ1) is 5.83. The molecule has 0 fully saturated rings. The van der Waals surface area contributed by atoms with Gasteiger partial charge in [-0.2, -0.15) is 0 Å². The van der Waals surface area contributed by atoms with E-state index >= 15 is 0 Å². The van der Waals surface area contributed by atoms with Gasteiger partial charge in [0.1, 0.15) is 11.9 Å². The predicted molar refractivity (Wildman–Crippen MR) is 47.4 cm³/mol. The van der Waals surface area contributed by atoms with Crippen molar-refractivity contribution in [3.63, 3.8) is 0 Å². The lowest BCUT2D eigenvalue weighted by Crippen LogP contribution is -1.88. The molecule has 1 aromatic carbocycles. The first-order valence-corrected chi connectivity index (χ1v) is 3.69. The van der Waals surface area contributed by atoms with Crippen molar-refractivity contribution < 1.29 is 9.08 Å². The van der Waals surface area contributed by atoms with E-state index in [0.717, 1.165) is 5.56 Å². The fourth-order valence-corrected chi connectivity index (χ4v) is 0.806. The van der Waals surface area contributed by atoms with Gasteiger partial charge in [-0.3, -0.25) is 0 Å². The van der Waals surface area contributed by atoms with Crippen molar-refractivity contribution in [3.05, 3.63) is 42.0 Å². The van der Waals surface area contributed by atoms with Crippen LogP contribution in [0.4, 0.5) is 0 Å². The van der Waals surface area contributed by atoms with E-state index in [2.05, 4.69) is 4.29 Å². The van der Waals surface area contributed by atoms with E-state index in [1.165, 1.54) is 6.08 Å². The Hall–Kier alpha value is -1.28. The van der Waals surface area contributed by atoms with Crippen molar-refractivity contribution >= 4 is 23.9 Å². The van der Waals surface area contributed by atoms with Crippen LogP contribution in [0.2, 0.25) is 0 Å². The molecule has 2 nitrogen and oxygen atoms in total. The molecule has 0 amide bonds. The third-order valence-electron chi connectivity index (χ3n) is 1.29. The third kappa shape index (κ3) is 2.76. The Bertz CT molecular complexity index is 280. The minimum Gasteiger partial charge on any atom is -0.344 e. The van der Waals surface area contributed by atoms with Crippen LogP contribution in [0.3, 0.4) is 0 Å². The zero-order valence-corrected chi connectivity index (χ0v) is 6.99. The van der Waals surface area contributed by atoms with Crippen LogP contribution < -0.4 is 0 Å². The smallest absolute Gasteiger partial charge is 0.344 e. The molecule has 0 radical (unpaired) electrons. The van der Waals surface area contributed by atoms with E-state index in [-0.39, 0.29) is 0 Å². The molecule has 0 saturated carbocycles. The second kappa shape index (κ2) is 4.57. The lowest BCUT2D eigenvalue weighted by Gasteiger charge is -1.89. The van der Waals surface area contributed by atoms with E-state index in [1.54, 1.807) is 6.08 Å². The molecule has 1 rings (SSSR count). The third-order valence-corrected chi connectivity index (χ3v) is 1.44. The van der Waals surface area contributed by atoms with E-state index in [9.17, 15) is 4.79 Å². The highest BCUT2D eigenvalue weighted by Crippen LogP contribution is 2.01. The molecule has 1 aromatic rings. The number of halogens is 1. The maximum Gasteiger partial charge on any atom is 0.349 e. The second-order valence-corrected chi connectivity index (χ2v) is 2.29. The van der Waals surface area contributed by atoms with E-state index in [4.69, 9.17) is 11.9 Å². The van der Waals surface area contributed by atoms with E-state index < -0.39 is 5.97 Å². The molecule has 0 N–H and O–H groups in total. The number of rotatable bonds is 2. The number of hydrogen-bond donors (Lipinski definition) is 0. The summed E-state index contributed by atoms with van der Waals surface area (Å²) in [6.45, 7) is 0. The summed E-state index contributed by atoms with van der Waals surface area (Å²) in [6, 6.07) is 9.41. The van der Waals surface area contributed by atoms with Crippen LogP contribution in [0.15, 0.2) is 36.4 Å². The molecule has 62 valence electrons. The Balaban J connectivity index is 2.64. The molecule has 0 aliphatic heterocycles. The van der Waals surface area contributed by atoms with Gasteiger partial charge in [0.2, 0.25) is 0 Å². The van der Waals surface area contributed by atoms with Gasteiger partial charge < -0.3 is 4.29 Å². The Kier molecular flexibility index (Phi) is 3.35. The summed E-state index contributed by atoms with van der Waals surface area (Å²) in [5.74, 6) is -0.569. The molecule has 0 unspecified atom stereocenters. The number of carbonyl (C=O) groups excluding carboxylic acids is 1. The minimum absolute atomic E-state index is 0.569. The average molecular weight is 183 g/mol. The van der Waals surface area contributed by atoms with E-state index in [0.29, 0.717) is 0 Å². The van der Waals surface area contributed by atoms with Gasteiger partial charge in [-0.1, -0.05) is 30.3 Å². The van der Waals surface area contributed by atoms with Gasteiger partial charge >= 0.3 is 5.97 Å². The standard InChI is InChI=1S/C9H7ClO2/c10-12-9(11)7-6-8-4-2-1-3-5-8/h1-7H. The van der Waals surface area contributed by atoms with Crippen LogP contribution in [0.25, 0.3) is 6.08 Å². The Morgan fingerprint density at radius 2 is 2.00 bits per heavy atom. The second-order valence-electron chi connectivity index (χ2n) is 2.14. The summed E-state index contributed by atoms with van der Waals surface area (Å²) in [5.41, 5.74) is 0.930. The maximum atomic E-state index is 10.5. The fraction of sp³-hybridized carbons (Fsp3) is 0. The molecule has 3 heteroatoms. The summed E-state index contributed by atoms with van der Waals surface area (Å²) in [5, 5.41) is 0. The highest BCUT2D eigenvalue weighted by molar-refractivity contribution is 6.15. The van der Waals surface area contributed by atoms with Crippen molar-refractivity contribution in [1.82, 2.24) is 0 Å². The summed E-state index contributed by atoms with van der Waals surface area (Å²) in [6.07, 6.45) is 2.90. The summed E-state index contributed by atoms with van der Waals surface area (Å²) < 4.78 is 3.92. The lowest BCUT2D eigenvalue weighted by atomic mass is 10.2. The molecule has 0 aliphatic carbocycles. The lowest BCUT2D eigenvalue weighted by molar-refractivity contribution is -0.128. The van der Waals surface area contributed by atoms with Gasteiger partial charge in [-0.25, -0.2) is 4.79 Å². The number of benzene rings is 1. The Morgan fingerprint density at radius 3 is 2.58 bits per heavy atom. The van der Waals surface area contributed by atoms with Crippen LogP contribution in [-0.4, -0.2) is 5.97 Å².